The van der Waals surface area contributed by atoms with Crippen LogP contribution in [0.15, 0.2) is 36.7 Å². The highest BCUT2D eigenvalue weighted by Crippen LogP contribution is 2.42. The van der Waals surface area contributed by atoms with Crippen LogP contribution in [0.25, 0.3) is 22.3 Å². The van der Waals surface area contributed by atoms with Gasteiger partial charge in [0.2, 0.25) is 5.95 Å². The van der Waals surface area contributed by atoms with Crippen LogP contribution >= 0.6 is 0 Å². The first-order chi connectivity index (χ1) is 19.7. The summed E-state index contributed by atoms with van der Waals surface area (Å²) in [6.07, 6.45) is 0.602. The maximum Gasteiger partial charge on any atom is 0.409 e. The minimum atomic E-state index is -4.52. The summed E-state index contributed by atoms with van der Waals surface area (Å²) in [4.78, 5) is 21.7. The smallest absolute Gasteiger partial charge is 0.316 e. The molecule has 3 aromatic heterocycles. The van der Waals surface area contributed by atoms with Gasteiger partial charge in [0, 0.05) is 50.4 Å². The molecule has 0 aliphatic carbocycles. The largest absolute Gasteiger partial charge is 0.409 e. The van der Waals surface area contributed by atoms with Crippen molar-refractivity contribution in [3.63, 3.8) is 0 Å². The zero-order valence-corrected chi connectivity index (χ0v) is 22.0. The van der Waals surface area contributed by atoms with Crippen LogP contribution in [0.5, 0.6) is 0 Å². The lowest BCUT2D eigenvalue weighted by atomic mass is 10.1. The molecule has 6 heterocycles. The molecule has 0 spiro atoms. The number of hydrogen-bond donors (Lipinski definition) is 1. The molecule has 0 amide bonds. The summed E-state index contributed by atoms with van der Waals surface area (Å²) < 4.78 is 71.8. The third-order valence-electron chi connectivity index (χ3n) is 8.31. The van der Waals surface area contributed by atoms with E-state index in [2.05, 4.69) is 35.1 Å². The van der Waals surface area contributed by atoms with Crippen molar-refractivity contribution in [3.8, 4) is 11.3 Å². The van der Waals surface area contributed by atoms with E-state index in [-0.39, 0.29) is 46.9 Å². The second kappa shape index (κ2) is 9.98. The zero-order valence-electron chi connectivity index (χ0n) is 22.0. The van der Waals surface area contributed by atoms with Gasteiger partial charge in [0.25, 0.3) is 0 Å². The monoisotopic (exact) mass is 570 g/mol. The fraction of sp³-hybridized carbons (Fsp3) is 0.429. The summed E-state index contributed by atoms with van der Waals surface area (Å²) in [6, 6.07) is 4.89. The van der Waals surface area contributed by atoms with E-state index in [4.69, 9.17) is 0 Å². The summed E-state index contributed by atoms with van der Waals surface area (Å²) in [7, 11) is 0. The fourth-order valence-corrected chi connectivity index (χ4v) is 6.36. The number of nitrogens with one attached hydrogen (secondary N) is 1. The third kappa shape index (κ3) is 4.90. The van der Waals surface area contributed by atoms with Crippen molar-refractivity contribution in [2.45, 2.75) is 50.5 Å². The van der Waals surface area contributed by atoms with E-state index in [0.717, 1.165) is 48.6 Å². The lowest BCUT2D eigenvalue weighted by Crippen LogP contribution is -2.49. The summed E-state index contributed by atoms with van der Waals surface area (Å²) in [5.74, 6) is -1.08. The SMILES string of the molecule is Fc1cnc(Nc2ccc(CN3CCN4CCC[C@@H]4C3)cn2)nc1-c1cc(F)c2nc3n(c2c1)[C@H](C(F)(F)F)CC3. The Morgan fingerprint density at radius 3 is 2.63 bits per heavy atom. The van der Waals surface area contributed by atoms with Gasteiger partial charge >= 0.3 is 6.18 Å². The van der Waals surface area contributed by atoms with Gasteiger partial charge in [-0.2, -0.15) is 13.2 Å². The normalized spacial score (nSPS) is 21.4. The van der Waals surface area contributed by atoms with Crippen molar-refractivity contribution in [2.75, 3.05) is 31.5 Å². The number of anilines is 2. The molecular formula is C28H27F5N8. The summed E-state index contributed by atoms with van der Waals surface area (Å²) in [5.41, 5.74) is 0.577. The van der Waals surface area contributed by atoms with E-state index in [1.807, 2.05) is 6.07 Å². The minimum Gasteiger partial charge on any atom is -0.316 e. The van der Waals surface area contributed by atoms with Crippen LogP contribution in [0.2, 0.25) is 0 Å². The molecule has 0 unspecified atom stereocenters. The van der Waals surface area contributed by atoms with Crippen molar-refractivity contribution in [3.05, 3.63) is 59.7 Å². The van der Waals surface area contributed by atoms with Crippen LogP contribution < -0.4 is 5.32 Å². The first-order valence-electron chi connectivity index (χ1n) is 13.7. The number of aryl methyl sites for hydroxylation is 1. The van der Waals surface area contributed by atoms with Crippen LogP contribution in [-0.4, -0.2) is 72.7 Å². The molecule has 4 aromatic rings. The molecule has 41 heavy (non-hydrogen) atoms. The number of halogens is 5. The molecule has 2 atom stereocenters. The van der Waals surface area contributed by atoms with Gasteiger partial charge in [0.05, 0.1) is 11.7 Å². The fourth-order valence-electron chi connectivity index (χ4n) is 6.36. The second-order valence-corrected chi connectivity index (χ2v) is 11.0. The number of hydrogen-bond acceptors (Lipinski definition) is 7. The number of alkyl halides is 3. The van der Waals surface area contributed by atoms with E-state index < -0.39 is 23.9 Å². The molecule has 1 N–H and O–H groups in total. The average Bonchev–Trinajstić information content (AvgIpc) is 3.66. The third-order valence-corrected chi connectivity index (χ3v) is 8.31. The first kappa shape index (κ1) is 26.2. The van der Waals surface area contributed by atoms with Gasteiger partial charge in [-0.1, -0.05) is 6.07 Å². The van der Waals surface area contributed by atoms with Crippen molar-refractivity contribution >= 4 is 22.8 Å². The van der Waals surface area contributed by atoms with Gasteiger partial charge in [-0.3, -0.25) is 9.80 Å². The summed E-state index contributed by atoms with van der Waals surface area (Å²) >= 11 is 0. The Hall–Kier alpha value is -3.71. The highest BCUT2D eigenvalue weighted by atomic mass is 19.4. The lowest BCUT2D eigenvalue weighted by molar-refractivity contribution is -0.164. The van der Waals surface area contributed by atoms with E-state index in [1.165, 1.54) is 25.5 Å². The molecule has 214 valence electrons. The highest BCUT2D eigenvalue weighted by molar-refractivity contribution is 5.83. The first-order valence-corrected chi connectivity index (χ1v) is 13.7. The molecule has 13 heteroatoms. The number of aromatic nitrogens is 5. The molecule has 2 saturated heterocycles. The number of nitrogens with zero attached hydrogens (tertiary/aromatic N) is 7. The molecule has 8 nitrogen and oxygen atoms in total. The highest BCUT2D eigenvalue weighted by Gasteiger charge is 2.45. The molecule has 0 bridgehead atoms. The Balaban J connectivity index is 1.11. The van der Waals surface area contributed by atoms with Gasteiger partial charge in [0.1, 0.15) is 28.9 Å². The van der Waals surface area contributed by atoms with Gasteiger partial charge < -0.3 is 9.88 Å². The molecule has 0 saturated carbocycles. The van der Waals surface area contributed by atoms with Gasteiger partial charge in [-0.05, 0) is 49.6 Å². The van der Waals surface area contributed by atoms with Crippen LogP contribution in [0, 0.1) is 11.6 Å². The van der Waals surface area contributed by atoms with Crippen molar-refractivity contribution < 1.29 is 22.0 Å². The Bertz CT molecular complexity index is 1600. The molecule has 2 fully saturated rings. The summed E-state index contributed by atoms with van der Waals surface area (Å²) in [5, 5.41) is 2.94. The van der Waals surface area contributed by atoms with Gasteiger partial charge in [-0.15, -0.1) is 0 Å². The predicted octanol–water partition coefficient (Wildman–Crippen LogP) is 5.24. The molecule has 0 radical (unpaired) electrons. The van der Waals surface area contributed by atoms with Gasteiger partial charge in [-0.25, -0.2) is 28.7 Å². The number of fused-ring (bicyclic) bond motifs is 4. The average molecular weight is 571 g/mol. The summed E-state index contributed by atoms with van der Waals surface area (Å²) in [6.45, 7) is 5.16. The molecule has 3 aliphatic heterocycles. The molecule has 3 aliphatic rings. The maximum atomic E-state index is 15.0. The van der Waals surface area contributed by atoms with E-state index in [1.54, 1.807) is 12.3 Å². The molecule has 7 rings (SSSR count). The van der Waals surface area contributed by atoms with Crippen molar-refractivity contribution in [2.24, 2.45) is 0 Å². The van der Waals surface area contributed by atoms with Crippen molar-refractivity contribution in [1.29, 1.82) is 0 Å². The standard InChI is InChI=1S/C28H27F5N8/c29-19-10-17(11-21-26(19)37-24-6-4-22(41(21)24)28(31,32)33)25-20(30)13-35-27(38-25)36-23-5-3-16(12-34-23)14-39-8-9-40-7-1-2-18(40)15-39/h3,5,10-13,18,22H,1-2,4,6-9,14-15H2,(H,34,35,36,38)/t18-,22+/m1/s1. The van der Waals surface area contributed by atoms with Crippen molar-refractivity contribution in [1.82, 2.24) is 34.3 Å². The Morgan fingerprint density at radius 2 is 1.83 bits per heavy atom. The number of imidazole rings is 1. The zero-order chi connectivity index (χ0) is 28.3. The molecule has 1 aromatic carbocycles. The van der Waals surface area contributed by atoms with Crippen LogP contribution in [0.1, 0.15) is 36.7 Å². The Labute approximate surface area is 232 Å². The topological polar surface area (TPSA) is 75.0 Å². The maximum absolute atomic E-state index is 15.0. The van der Waals surface area contributed by atoms with E-state index in [9.17, 15) is 17.6 Å². The minimum absolute atomic E-state index is 0.0147. The number of rotatable bonds is 5. The predicted molar refractivity (Wildman–Crippen MR) is 141 cm³/mol. The Kier molecular flexibility index (Phi) is 6.38. The lowest BCUT2D eigenvalue weighted by Gasteiger charge is -2.37. The second-order valence-electron chi connectivity index (χ2n) is 11.0. The Morgan fingerprint density at radius 1 is 0.951 bits per heavy atom. The van der Waals surface area contributed by atoms with Gasteiger partial charge in [0.15, 0.2) is 11.6 Å². The van der Waals surface area contributed by atoms with E-state index >= 15 is 4.39 Å². The molecular weight excluding hydrogens is 543 g/mol. The number of piperazine rings is 1. The number of benzene rings is 1. The van der Waals surface area contributed by atoms with E-state index in [0.29, 0.717) is 11.9 Å². The van der Waals surface area contributed by atoms with Crippen LogP contribution in [0.4, 0.5) is 33.7 Å². The van der Waals surface area contributed by atoms with Crippen LogP contribution in [0.3, 0.4) is 0 Å². The number of pyridine rings is 1. The quantitative estimate of drug-likeness (QED) is 0.329. The van der Waals surface area contributed by atoms with Crippen LogP contribution in [-0.2, 0) is 13.0 Å².